The molecule has 0 aromatic heterocycles. The number of amides is 8. The van der Waals surface area contributed by atoms with E-state index in [0.717, 1.165) is 0 Å². The number of aliphatic imine (C=N–C) groups is 2. The minimum absolute atomic E-state index is 0.0502. The summed E-state index contributed by atoms with van der Waals surface area (Å²) in [7, 11) is 0. The van der Waals surface area contributed by atoms with Gasteiger partial charge in [0.25, 0.3) is 0 Å². The molecule has 26 nitrogen and oxygen atoms in total. The van der Waals surface area contributed by atoms with Gasteiger partial charge in [0, 0.05) is 31.7 Å². The zero-order valence-electron chi connectivity index (χ0n) is 44.9. The number of carbonyl (C=O) groups excluding carboxylic acids is 8. The van der Waals surface area contributed by atoms with Crippen LogP contribution in [-0.4, -0.2) is 155 Å². The number of aliphatic hydroxyl groups excluding tert-OH is 1. The zero-order valence-corrected chi connectivity index (χ0v) is 45.8. The molecule has 2 aromatic carbocycles. The lowest BCUT2D eigenvalue weighted by Crippen LogP contribution is -2.62. The lowest BCUT2D eigenvalue weighted by Gasteiger charge is -2.29. The second-order valence-corrected chi connectivity index (χ2v) is 19.6. The van der Waals surface area contributed by atoms with Crippen molar-refractivity contribution in [1.29, 1.82) is 0 Å². The largest absolute Gasteiger partial charge is 0.480 e. The normalized spacial score (nSPS) is 14.8. The van der Waals surface area contributed by atoms with Gasteiger partial charge < -0.3 is 81.4 Å². The van der Waals surface area contributed by atoms with Gasteiger partial charge in [-0.05, 0) is 62.0 Å². The number of carbonyl (C=O) groups is 9. The first kappa shape index (κ1) is 66.6. The predicted molar refractivity (Wildman–Crippen MR) is 297 cm³/mol. The molecule has 0 radical (unpaired) electrons. The Morgan fingerprint density at radius 2 is 0.962 bits per heavy atom. The van der Waals surface area contributed by atoms with E-state index in [1.807, 2.05) is 13.8 Å². The van der Waals surface area contributed by atoms with E-state index in [1.165, 1.54) is 6.92 Å². The van der Waals surface area contributed by atoms with Crippen molar-refractivity contribution in [3.8, 4) is 0 Å². The summed E-state index contributed by atoms with van der Waals surface area (Å²) in [4.78, 5) is 130. The number of carboxylic acids is 1. The Labute approximate surface area is 460 Å². The minimum atomic E-state index is -1.70. The van der Waals surface area contributed by atoms with Crippen LogP contribution in [-0.2, 0) is 56.0 Å². The summed E-state index contributed by atoms with van der Waals surface area (Å²) in [5.74, 6) is -9.10. The van der Waals surface area contributed by atoms with Crippen molar-refractivity contribution < 1.29 is 53.4 Å². The van der Waals surface area contributed by atoms with Crippen molar-refractivity contribution in [3.05, 3.63) is 71.8 Å². The fourth-order valence-corrected chi connectivity index (χ4v) is 7.87. The van der Waals surface area contributed by atoms with Crippen molar-refractivity contribution in [2.75, 3.05) is 25.4 Å². The Bertz CT molecular complexity index is 2340. The third-order valence-corrected chi connectivity index (χ3v) is 12.6. The molecule has 20 N–H and O–H groups in total. The lowest BCUT2D eigenvalue weighted by molar-refractivity contribution is -0.142. The van der Waals surface area contributed by atoms with Gasteiger partial charge in [-0.3, -0.25) is 48.3 Å². The van der Waals surface area contributed by atoms with Crippen LogP contribution in [0.5, 0.6) is 0 Å². The van der Waals surface area contributed by atoms with Gasteiger partial charge in [0.1, 0.15) is 48.3 Å². The number of carboxylic acid groups (broad SMARTS) is 1. The maximum absolute atomic E-state index is 14.2. The quantitative estimate of drug-likeness (QED) is 0.0141. The van der Waals surface area contributed by atoms with E-state index >= 15 is 0 Å². The maximum Gasteiger partial charge on any atom is 0.326 e. The highest BCUT2D eigenvalue weighted by Gasteiger charge is 2.35. The third-order valence-electron chi connectivity index (χ3n) is 12.2. The molecule has 2 aromatic rings. The van der Waals surface area contributed by atoms with Gasteiger partial charge in [0.15, 0.2) is 11.9 Å². The molecule has 8 amide bonds. The van der Waals surface area contributed by atoms with Crippen LogP contribution < -0.4 is 71.2 Å². The molecule has 0 bridgehead atoms. The molecule has 0 saturated heterocycles. The van der Waals surface area contributed by atoms with Crippen LogP contribution in [0.4, 0.5) is 0 Å². The summed E-state index contributed by atoms with van der Waals surface area (Å²) in [6.07, 6.45) is 1.15. The average Bonchev–Trinajstić information content (AvgIpc) is 3.39. The zero-order chi connectivity index (χ0) is 58.5. The van der Waals surface area contributed by atoms with Crippen molar-refractivity contribution in [2.45, 2.75) is 140 Å². The summed E-state index contributed by atoms with van der Waals surface area (Å²) < 4.78 is 0. The van der Waals surface area contributed by atoms with E-state index in [9.17, 15) is 53.4 Å². The standard InChI is InChI=1S/C51H81N15O11S/c1-6-29(4)40(66-41(68)30(5)59-43(70)35(23-28(2)3)61-42(69)33(52)19-13-21-57-50(53)54)48(75)63-37(25-32-17-11-8-12-18-32)45(72)64-38(26-67)46(73)65-39(27-78)47(74)62-36(24-31-15-9-7-10-16-31)44(71)60-34(49(76)77)20-14-22-58-51(55)56/h7-12,15-18,28-30,33-40,67,78H,6,13-14,19-27,52H2,1-5H3,(H,59,70)(H,60,71)(H,61,69)(H,62,74)(H,63,75)(H,64,72)(H,65,73)(H,66,68)(H,76,77)(H4,53,54,57)(H4,55,56,58)/t29-,30-,33-,34-,35-,36-,37-,38-,39-,40-/m0/s1. The van der Waals surface area contributed by atoms with Crippen molar-refractivity contribution >= 4 is 77.8 Å². The molecule has 27 heteroatoms. The minimum Gasteiger partial charge on any atom is -0.480 e. The Hall–Kier alpha value is -7.52. The van der Waals surface area contributed by atoms with E-state index in [-0.39, 0.29) is 75.2 Å². The number of guanidine groups is 2. The molecular formula is C51H81N15O11S. The van der Waals surface area contributed by atoms with Gasteiger partial charge in [0.05, 0.1) is 12.6 Å². The first-order chi connectivity index (χ1) is 36.9. The van der Waals surface area contributed by atoms with Gasteiger partial charge in [-0.2, -0.15) is 12.6 Å². The van der Waals surface area contributed by atoms with Crippen LogP contribution in [0.15, 0.2) is 70.6 Å². The number of aliphatic carboxylic acids is 1. The highest BCUT2D eigenvalue weighted by atomic mass is 32.1. The summed E-state index contributed by atoms with van der Waals surface area (Å²) >= 11 is 4.23. The average molecular weight is 1110 g/mol. The van der Waals surface area contributed by atoms with Crippen molar-refractivity contribution in [2.24, 2.45) is 50.5 Å². The molecule has 0 aliphatic heterocycles. The fourth-order valence-electron chi connectivity index (χ4n) is 7.61. The number of nitrogens with one attached hydrogen (secondary N) is 8. The smallest absolute Gasteiger partial charge is 0.326 e. The summed E-state index contributed by atoms with van der Waals surface area (Å²) in [5, 5.41) is 40.8. The molecule has 432 valence electrons. The van der Waals surface area contributed by atoms with Crippen LogP contribution in [0.3, 0.4) is 0 Å². The Kier molecular flexibility index (Phi) is 29.9. The Morgan fingerprint density at radius 1 is 0.538 bits per heavy atom. The maximum atomic E-state index is 14.2. The molecule has 0 aliphatic rings. The molecule has 2 rings (SSSR count). The Balaban J connectivity index is 2.29. The number of rotatable bonds is 35. The number of hydrogen-bond acceptors (Lipinski definition) is 14. The first-order valence-electron chi connectivity index (χ1n) is 25.7. The van der Waals surface area contributed by atoms with Gasteiger partial charge in [-0.15, -0.1) is 0 Å². The molecule has 10 atom stereocenters. The van der Waals surface area contributed by atoms with Crippen LogP contribution >= 0.6 is 12.6 Å². The number of benzene rings is 2. The molecule has 0 saturated carbocycles. The second kappa shape index (κ2) is 35.0. The molecular weight excluding hydrogens is 1030 g/mol. The first-order valence-corrected chi connectivity index (χ1v) is 26.4. The van der Waals surface area contributed by atoms with Crippen LogP contribution in [0.25, 0.3) is 0 Å². The van der Waals surface area contributed by atoms with E-state index in [4.69, 9.17) is 28.7 Å². The number of thiol groups is 1. The van der Waals surface area contributed by atoms with Crippen molar-refractivity contribution in [3.63, 3.8) is 0 Å². The summed E-state index contributed by atoms with van der Waals surface area (Å²) in [5.41, 5.74) is 28.7. The van der Waals surface area contributed by atoms with E-state index in [2.05, 4.69) is 65.1 Å². The second-order valence-electron chi connectivity index (χ2n) is 19.2. The van der Waals surface area contributed by atoms with Gasteiger partial charge in [0.2, 0.25) is 47.3 Å². The molecule has 0 fully saturated rings. The molecule has 78 heavy (non-hydrogen) atoms. The molecule has 0 spiro atoms. The predicted octanol–water partition coefficient (Wildman–Crippen LogP) is -3.10. The molecule has 0 heterocycles. The van der Waals surface area contributed by atoms with Gasteiger partial charge >= 0.3 is 5.97 Å². The SMILES string of the molecule is CC[C@H](C)[C@H](NC(=O)[C@H](C)NC(=O)[C@H](CC(C)C)NC(=O)[C@@H](N)CCCN=C(N)N)C(=O)N[C@@H](Cc1ccccc1)C(=O)N[C@@H](CO)C(=O)N[C@@H](CS)C(=O)N[C@@H](Cc1ccccc1)C(=O)N[C@@H](CCCN=C(N)N)C(=O)O. The van der Waals surface area contributed by atoms with Gasteiger partial charge in [-0.1, -0.05) is 94.8 Å². The van der Waals surface area contributed by atoms with Crippen LogP contribution in [0.1, 0.15) is 84.3 Å². The highest BCUT2D eigenvalue weighted by molar-refractivity contribution is 7.80. The van der Waals surface area contributed by atoms with E-state index < -0.39 is 120 Å². The van der Waals surface area contributed by atoms with E-state index in [1.54, 1.807) is 74.5 Å². The molecule has 0 aliphatic carbocycles. The monoisotopic (exact) mass is 1110 g/mol. The highest BCUT2D eigenvalue weighted by Crippen LogP contribution is 2.13. The number of hydrogen-bond donors (Lipinski definition) is 16. The van der Waals surface area contributed by atoms with Gasteiger partial charge in [-0.25, -0.2) is 4.79 Å². The topological polar surface area (TPSA) is 445 Å². The summed E-state index contributed by atoms with van der Waals surface area (Å²) in [6.45, 7) is 7.93. The van der Waals surface area contributed by atoms with E-state index in [0.29, 0.717) is 24.0 Å². The molecule has 0 unspecified atom stereocenters. The number of aliphatic hydroxyl groups is 1. The van der Waals surface area contributed by atoms with Crippen LogP contribution in [0, 0.1) is 11.8 Å². The fraction of sp³-hybridized carbons (Fsp3) is 0.549. The lowest BCUT2D eigenvalue weighted by atomic mass is 9.96. The number of nitrogens with two attached hydrogens (primary N) is 5. The number of nitrogens with zero attached hydrogens (tertiary/aromatic N) is 2. The van der Waals surface area contributed by atoms with Crippen LogP contribution in [0.2, 0.25) is 0 Å². The Morgan fingerprint density at radius 3 is 1.42 bits per heavy atom. The third kappa shape index (κ3) is 24.6. The van der Waals surface area contributed by atoms with Crippen molar-refractivity contribution in [1.82, 2.24) is 42.5 Å². The summed E-state index contributed by atoms with van der Waals surface area (Å²) in [6, 6.07) is 5.22.